The highest BCUT2D eigenvalue weighted by Crippen LogP contribution is 2.36. The van der Waals surface area contributed by atoms with Crippen LogP contribution in [0.3, 0.4) is 0 Å². The lowest BCUT2D eigenvalue weighted by molar-refractivity contribution is -0.137. The summed E-state index contributed by atoms with van der Waals surface area (Å²) in [6.45, 7) is -1.71. The van der Waals surface area contributed by atoms with Crippen LogP contribution in [-0.4, -0.2) is 44.8 Å². The lowest BCUT2D eigenvalue weighted by atomic mass is 10.00. The van der Waals surface area contributed by atoms with Crippen LogP contribution in [0.4, 0.5) is 10.2 Å². The fourth-order valence-corrected chi connectivity index (χ4v) is 1.92. The zero-order valence-corrected chi connectivity index (χ0v) is 9.49. The SMILES string of the molecule is Nc1ccn(C2CC(O)[C@@](CO)(CF)O2)c(=O)n1. The normalized spacial score (nSPS) is 31.7. The van der Waals surface area contributed by atoms with E-state index in [9.17, 15) is 14.3 Å². The maximum atomic E-state index is 12.9. The predicted molar refractivity (Wildman–Crippen MR) is 59.4 cm³/mol. The Morgan fingerprint density at radius 2 is 2.44 bits per heavy atom. The van der Waals surface area contributed by atoms with Crippen molar-refractivity contribution >= 4 is 5.82 Å². The predicted octanol–water partition coefficient (Wildman–Crippen LogP) is -1.19. The lowest BCUT2D eigenvalue weighted by Crippen LogP contribution is -2.45. The van der Waals surface area contributed by atoms with Gasteiger partial charge in [0.1, 0.15) is 24.3 Å². The van der Waals surface area contributed by atoms with Crippen molar-refractivity contribution in [3.63, 3.8) is 0 Å². The maximum absolute atomic E-state index is 12.9. The average molecular weight is 259 g/mol. The van der Waals surface area contributed by atoms with E-state index in [1.807, 2.05) is 0 Å². The third-order valence-electron chi connectivity index (χ3n) is 3.06. The van der Waals surface area contributed by atoms with Crippen LogP contribution in [0.15, 0.2) is 17.1 Å². The summed E-state index contributed by atoms with van der Waals surface area (Å²) in [5, 5.41) is 18.8. The van der Waals surface area contributed by atoms with Gasteiger partial charge in [-0.2, -0.15) is 4.98 Å². The van der Waals surface area contributed by atoms with Crippen molar-refractivity contribution in [3.05, 3.63) is 22.7 Å². The first kappa shape index (κ1) is 12.9. The second-order valence-corrected chi connectivity index (χ2v) is 4.22. The molecule has 2 rings (SSSR count). The molecule has 0 bridgehead atoms. The molecule has 18 heavy (non-hydrogen) atoms. The van der Waals surface area contributed by atoms with E-state index in [1.54, 1.807) is 0 Å². The number of aromatic nitrogens is 2. The topological polar surface area (TPSA) is 111 Å². The van der Waals surface area contributed by atoms with Gasteiger partial charge in [0.2, 0.25) is 0 Å². The Morgan fingerprint density at radius 3 is 2.94 bits per heavy atom. The molecule has 100 valence electrons. The van der Waals surface area contributed by atoms with Crippen molar-refractivity contribution in [1.82, 2.24) is 9.55 Å². The molecule has 0 radical (unpaired) electrons. The second-order valence-electron chi connectivity index (χ2n) is 4.22. The average Bonchev–Trinajstić information content (AvgIpc) is 2.67. The fourth-order valence-electron chi connectivity index (χ4n) is 1.92. The lowest BCUT2D eigenvalue weighted by Gasteiger charge is -2.26. The van der Waals surface area contributed by atoms with Crippen LogP contribution < -0.4 is 11.4 Å². The van der Waals surface area contributed by atoms with E-state index in [-0.39, 0.29) is 12.2 Å². The zero-order chi connectivity index (χ0) is 13.3. The summed E-state index contributed by atoms with van der Waals surface area (Å²) in [5.41, 5.74) is 3.02. The highest BCUT2D eigenvalue weighted by molar-refractivity contribution is 5.23. The number of nitrogens with zero attached hydrogens (tertiary/aromatic N) is 2. The third kappa shape index (κ3) is 1.98. The van der Waals surface area contributed by atoms with Crippen LogP contribution in [0.25, 0.3) is 0 Å². The van der Waals surface area contributed by atoms with Crippen molar-refractivity contribution in [3.8, 4) is 0 Å². The van der Waals surface area contributed by atoms with Crippen LogP contribution in [0.2, 0.25) is 0 Å². The van der Waals surface area contributed by atoms with Crippen molar-refractivity contribution in [2.75, 3.05) is 19.0 Å². The van der Waals surface area contributed by atoms with Crippen LogP contribution in [0.1, 0.15) is 12.6 Å². The number of halogens is 1. The van der Waals surface area contributed by atoms with Gasteiger partial charge in [-0.15, -0.1) is 0 Å². The number of rotatable bonds is 3. The van der Waals surface area contributed by atoms with Crippen LogP contribution in [-0.2, 0) is 4.74 Å². The van der Waals surface area contributed by atoms with Crippen LogP contribution in [0.5, 0.6) is 0 Å². The third-order valence-corrected chi connectivity index (χ3v) is 3.06. The fraction of sp³-hybridized carbons (Fsp3) is 0.600. The van der Waals surface area contributed by atoms with Gasteiger partial charge in [0.25, 0.3) is 0 Å². The molecule has 8 heteroatoms. The monoisotopic (exact) mass is 259 g/mol. The minimum atomic E-state index is -1.68. The number of anilines is 1. The molecule has 1 aromatic rings. The van der Waals surface area contributed by atoms with Gasteiger partial charge in [-0.3, -0.25) is 4.57 Å². The highest BCUT2D eigenvalue weighted by Gasteiger charge is 2.49. The van der Waals surface area contributed by atoms with E-state index >= 15 is 0 Å². The zero-order valence-electron chi connectivity index (χ0n) is 9.49. The summed E-state index contributed by atoms with van der Waals surface area (Å²) < 4.78 is 19.3. The minimum absolute atomic E-state index is 0.00398. The van der Waals surface area contributed by atoms with Gasteiger partial charge in [-0.1, -0.05) is 0 Å². The molecule has 1 saturated heterocycles. The molecule has 0 saturated carbocycles. The molecule has 3 atom stereocenters. The summed E-state index contributed by atoms with van der Waals surface area (Å²) in [4.78, 5) is 15.1. The molecule has 1 aromatic heterocycles. The Morgan fingerprint density at radius 1 is 1.72 bits per heavy atom. The molecule has 0 spiro atoms. The Labute approximate surface area is 102 Å². The van der Waals surface area contributed by atoms with Crippen molar-refractivity contribution in [1.29, 1.82) is 0 Å². The standard InChI is InChI=1S/C10H14FN3O4/c11-4-10(5-15)6(16)3-8(18-10)14-2-1-7(12)13-9(14)17/h1-2,6,8,15-16H,3-5H2,(H2,12,13,17)/t6?,8?,10-/m0/s1. The quantitative estimate of drug-likeness (QED) is 0.629. The van der Waals surface area contributed by atoms with E-state index in [1.165, 1.54) is 12.3 Å². The molecule has 0 aromatic carbocycles. The summed E-state index contributed by atoms with van der Waals surface area (Å²) in [7, 11) is 0. The first-order valence-corrected chi connectivity index (χ1v) is 5.40. The van der Waals surface area contributed by atoms with Gasteiger partial charge < -0.3 is 20.7 Å². The minimum Gasteiger partial charge on any atom is -0.393 e. The van der Waals surface area contributed by atoms with E-state index in [0.29, 0.717) is 0 Å². The largest absolute Gasteiger partial charge is 0.393 e. The van der Waals surface area contributed by atoms with E-state index < -0.39 is 36.9 Å². The number of alkyl halides is 1. The first-order valence-electron chi connectivity index (χ1n) is 5.40. The van der Waals surface area contributed by atoms with Crippen molar-refractivity contribution in [2.24, 2.45) is 0 Å². The van der Waals surface area contributed by atoms with Gasteiger partial charge in [0.15, 0.2) is 0 Å². The molecule has 7 nitrogen and oxygen atoms in total. The van der Waals surface area contributed by atoms with Gasteiger partial charge in [-0.25, -0.2) is 9.18 Å². The number of aliphatic hydroxyl groups is 2. The Hall–Kier alpha value is -1.51. The molecular formula is C10H14FN3O4. The first-order chi connectivity index (χ1) is 8.52. The van der Waals surface area contributed by atoms with Gasteiger partial charge in [0, 0.05) is 12.6 Å². The van der Waals surface area contributed by atoms with E-state index in [4.69, 9.17) is 15.6 Å². The summed E-state index contributed by atoms with van der Waals surface area (Å²) in [6, 6.07) is 1.39. The summed E-state index contributed by atoms with van der Waals surface area (Å²) >= 11 is 0. The molecular weight excluding hydrogens is 245 g/mol. The van der Waals surface area contributed by atoms with E-state index in [2.05, 4.69) is 4.98 Å². The number of hydrogen-bond donors (Lipinski definition) is 3. The Bertz CT molecular complexity index is 488. The second kappa shape index (κ2) is 4.63. The van der Waals surface area contributed by atoms with Gasteiger partial charge >= 0.3 is 5.69 Å². The maximum Gasteiger partial charge on any atom is 0.351 e. The highest BCUT2D eigenvalue weighted by atomic mass is 19.1. The van der Waals surface area contributed by atoms with Gasteiger partial charge in [0.05, 0.1) is 12.7 Å². The molecule has 2 unspecified atom stereocenters. The summed E-state index contributed by atoms with van der Waals surface area (Å²) in [5.74, 6) is 0.0636. The van der Waals surface area contributed by atoms with Crippen molar-refractivity contribution in [2.45, 2.75) is 24.4 Å². The number of ether oxygens (including phenoxy) is 1. The number of aliphatic hydroxyl groups excluding tert-OH is 2. The molecule has 0 aliphatic carbocycles. The van der Waals surface area contributed by atoms with Gasteiger partial charge in [-0.05, 0) is 6.07 Å². The van der Waals surface area contributed by atoms with Crippen LogP contribution in [0, 0.1) is 0 Å². The van der Waals surface area contributed by atoms with Crippen LogP contribution >= 0.6 is 0 Å². The smallest absolute Gasteiger partial charge is 0.351 e. The number of hydrogen-bond acceptors (Lipinski definition) is 6. The van der Waals surface area contributed by atoms with E-state index in [0.717, 1.165) is 4.57 Å². The molecule has 0 amide bonds. The number of nitrogens with two attached hydrogens (primary N) is 1. The molecule has 2 heterocycles. The molecule has 1 aliphatic heterocycles. The summed E-state index contributed by atoms with van der Waals surface area (Å²) in [6.07, 6.45) is -0.713. The number of nitrogen functional groups attached to an aromatic ring is 1. The Balaban J connectivity index is 2.30. The molecule has 4 N–H and O–H groups in total. The molecule has 1 aliphatic rings. The molecule has 1 fully saturated rings. The Kier molecular flexibility index (Phi) is 3.33. The van der Waals surface area contributed by atoms with Crippen molar-refractivity contribution < 1.29 is 19.3 Å².